The van der Waals surface area contributed by atoms with Gasteiger partial charge in [0.05, 0.1) is 17.4 Å². The van der Waals surface area contributed by atoms with Gasteiger partial charge in [0.2, 0.25) is 5.95 Å². The van der Waals surface area contributed by atoms with E-state index in [-0.39, 0.29) is 0 Å². The Hall–Kier alpha value is -1.69. The van der Waals surface area contributed by atoms with Gasteiger partial charge in [-0.1, -0.05) is 11.6 Å². The van der Waals surface area contributed by atoms with Crippen molar-refractivity contribution in [1.29, 1.82) is 0 Å². The molecule has 0 aliphatic carbocycles. The van der Waals surface area contributed by atoms with Gasteiger partial charge in [-0.15, -0.1) is 10.2 Å². The van der Waals surface area contributed by atoms with Crippen LogP contribution in [0.4, 0.5) is 5.95 Å². The largest absolute Gasteiger partial charge is 0.341 e. The smallest absolute Gasteiger partial charge is 0.225 e. The SMILES string of the molecule is Cn1cnnc1CC1CCN(c2ncc(Cl)cn2)CC1. The molecule has 0 atom stereocenters. The third kappa shape index (κ3) is 2.90. The van der Waals surface area contributed by atoms with E-state index in [9.17, 15) is 0 Å². The molecule has 0 bridgehead atoms. The number of rotatable bonds is 3. The molecule has 0 aromatic carbocycles. The van der Waals surface area contributed by atoms with Crippen molar-refractivity contribution in [2.45, 2.75) is 19.3 Å². The topological polar surface area (TPSA) is 59.7 Å². The van der Waals surface area contributed by atoms with Crippen LogP contribution in [-0.4, -0.2) is 37.8 Å². The molecule has 7 heteroatoms. The molecule has 0 spiro atoms. The number of aryl methyl sites for hydroxylation is 1. The fourth-order valence-electron chi connectivity index (χ4n) is 2.56. The number of hydrogen-bond acceptors (Lipinski definition) is 5. The highest BCUT2D eigenvalue weighted by Gasteiger charge is 2.22. The third-order valence-electron chi connectivity index (χ3n) is 3.78. The minimum atomic E-state index is 0.575. The van der Waals surface area contributed by atoms with Crippen LogP contribution >= 0.6 is 11.6 Å². The van der Waals surface area contributed by atoms with E-state index in [1.165, 1.54) is 0 Å². The third-order valence-corrected chi connectivity index (χ3v) is 3.98. The van der Waals surface area contributed by atoms with Gasteiger partial charge in [-0.2, -0.15) is 0 Å². The molecular formula is C13H17ClN6. The van der Waals surface area contributed by atoms with Gasteiger partial charge in [0, 0.05) is 26.6 Å². The van der Waals surface area contributed by atoms with Crippen LogP contribution in [0.3, 0.4) is 0 Å². The molecule has 0 amide bonds. The van der Waals surface area contributed by atoms with Crippen molar-refractivity contribution in [2.24, 2.45) is 13.0 Å². The minimum Gasteiger partial charge on any atom is -0.341 e. The second-order valence-corrected chi connectivity index (χ2v) is 5.63. The molecule has 106 valence electrons. The van der Waals surface area contributed by atoms with Crippen molar-refractivity contribution in [3.8, 4) is 0 Å². The zero-order chi connectivity index (χ0) is 13.9. The molecule has 1 saturated heterocycles. The van der Waals surface area contributed by atoms with Gasteiger partial charge in [0.15, 0.2) is 0 Å². The lowest BCUT2D eigenvalue weighted by Gasteiger charge is -2.31. The Morgan fingerprint density at radius 2 is 1.95 bits per heavy atom. The quantitative estimate of drug-likeness (QED) is 0.862. The number of piperidine rings is 1. The summed E-state index contributed by atoms with van der Waals surface area (Å²) in [6.07, 6.45) is 8.29. The average Bonchev–Trinajstić information content (AvgIpc) is 2.86. The first-order valence-corrected chi connectivity index (χ1v) is 7.15. The highest BCUT2D eigenvalue weighted by Crippen LogP contribution is 2.23. The van der Waals surface area contributed by atoms with Gasteiger partial charge in [0.25, 0.3) is 0 Å². The Morgan fingerprint density at radius 1 is 1.25 bits per heavy atom. The molecule has 0 unspecified atom stereocenters. The zero-order valence-corrected chi connectivity index (χ0v) is 12.2. The number of aromatic nitrogens is 5. The van der Waals surface area contributed by atoms with Gasteiger partial charge >= 0.3 is 0 Å². The second kappa shape index (κ2) is 5.75. The average molecular weight is 293 g/mol. The van der Waals surface area contributed by atoms with E-state index >= 15 is 0 Å². The van der Waals surface area contributed by atoms with Crippen LogP contribution < -0.4 is 4.90 Å². The Morgan fingerprint density at radius 3 is 2.55 bits per heavy atom. The first kappa shape index (κ1) is 13.3. The molecular weight excluding hydrogens is 276 g/mol. The van der Waals surface area contributed by atoms with Gasteiger partial charge < -0.3 is 9.47 Å². The Bertz CT molecular complexity index is 558. The van der Waals surface area contributed by atoms with Crippen molar-refractivity contribution in [1.82, 2.24) is 24.7 Å². The number of nitrogens with zero attached hydrogens (tertiary/aromatic N) is 6. The summed E-state index contributed by atoms with van der Waals surface area (Å²) in [5, 5.41) is 8.66. The number of halogens is 1. The molecule has 1 aliphatic rings. The standard InChI is InChI=1S/C13H17ClN6/c1-19-9-17-18-12(19)6-10-2-4-20(5-3-10)13-15-7-11(14)8-16-13/h7-10H,2-6H2,1H3. The molecule has 0 saturated carbocycles. The van der Waals surface area contributed by atoms with Gasteiger partial charge in [-0.3, -0.25) is 0 Å². The lowest BCUT2D eigenvalue weighted by Crippen LogP contribution is -2.35. The number of hydrogen-bond donors (Lipinski definition) is 0. The van der Waals surface area contributed by atoms with Gasteiger partial charge in [-0.05, 0) is 18.8 Å². The van der Waals surface area contributed by atoms with Gasteiger partial charge in [0.1, 0.15) is 12.2 Å². The molecule has 1 fully saturated rings. The van der Waals surface area contributed by atoms with E-state index < -0.39 is 0 Å². The molecule has 0 N–H and O–H groups in total. The van der Waals surface area contributed by atoms with Crippen LogP contribution in [-0.2, 0) is 13.5 Å². The van der Waals surface area contributed by atoms with E-state index in [0.29, 0.717) is 10.9 Å². The normalized spacial score (nSPS) is 16.6. The summed E-state index contributed by atoms with van der Waals surface area (Å²) < 4.78 is 1.99. The Labute approximate surface area is 122 Å². The highest BCUT2D eigenvalue weighted by atomic mass is 35.5. The van der Waals surface area contributed by atoms with Crippen molar-refractivity contribution in [2.75, 3.05) is 18.0 Å². The van der Waals surface area contributed by atoms with Crippen molar-refractivity contribution < 1.29 is 0 Å². The number of anilines is 1. The molecule has 3 rings (SSSR count). The minimum absolute atomic E-state index is 0.575. The van der Waals surface area contributed by atoms with Crippen LogP contribution in [0.1, 0.15) is 18.7 Å². The first-order valence-electron chi connectivity index (χ1n) is 6.78. The van der Waals surface area contributed by atoms with Gasteiger partial charge in [-0.25, -0.2) is 9.97 Å². The highest BCUT2D eigenvalue weighted by molar-refractivity contribution is 6.30. The predicted molar refractivity (Wildman–Crippen MR) is 76.7 cm³/mol. The maximum atomic E-state index is 5.81. The summed E-state index contributed by atoms with van der Waals surface area (Å²) in [4.78, 5) is 10.8. The van der Waals surface area contributed by atoms with E-state index in [4.69, 9.17) is 11.6 Å². The molecule has 2 aromatic rings. The summed E-state index contributed by atoms with van der Waals surface area (Å²) >= 11 is 5.81. The summed E-state index contributed by atoms with van der Waals surface area (Å²) in [6, 6.07) is 0. The lowest BCUT2D eigenvalue weighted by atomic mass is 9.93. The van der Waals surface area contributed by atoms with Crippen molar-refractivity contribution in [3.05, 3.63) is 29.6 Å². The Kier molecular flexibility index (Phi) is 3.82. The lowest BCUT2D eigenvalue weighted by molar-refractivity contribution is 0.390. The van der Waals surface area contributed by atoms with E-state index in [2.05, 4.69) is 25.1 Å². The van der Waals surface area contributed by atoms with Crippen molar-refractivity contribution >= 4 is 17.5 Å². The molecule has 3 heterocycles. The molecule has 20 heavy (non-hydrogen) atoms. The van der Waals surface area contributed by atoms with Crippen LogP contribution in [0, 0.1) is 5.92 Å². The molecule has 0 radical (unpaired) electrons. The summed E-state index contributed by atoms with van der Waals surface area (Å²) in [6.45, 7) is 1.95. The fourth-order valence-corrected chi connectivity index (χ4v) is 2.65. The van der Waals surface area contributed by atoms with Crippen LogP contribution in [0.5, 0.6) is 0 Å². The zero-order valence-electron chi connectivity index (χ0n) is 11.4. The van der Waals surface area contributed by atoms with Crippen LogP contribution in [0.2, 0.25) is 5.02 Å². The Balaban J connectivity index is 1.57. The maximum absolute atomic E-state index is 5.81. The van der Waals surface area contributed by atoms with Crippen LogP contribution in [0.15, 0.2) is 18.7 Å². The summed E-state index contributed by atoms with van der Waals surface area (Å²) in [5.41, 5.74) is 0. The predicted octanol–water partition coefficient (Wildman–Crippen LogP) is 1.72. The summed E-state index contributed by atoms with van der Waals surface area (Å²) in [5.74, 6) is 2.49. The van der Waals surface area contributed by atoms with Crippen LogP contribution in [0.25, 0.3) is 0 Å². The second-order valence-electron chi connectivity index (χ2n) is 5.19. The maximum Gasteiger partial charge on any atom is 0.225 e. The van der Waals surface area contributed by atoms with E-state index in [1.54, 1.807) is 18.7 Å². The van der Waals surface area contributed by atoms with Crippen molar-refractivity contribution in [3.63, 3.8) is 0 Å². The van der Waals surface area contributed by atoms with E-state index in [1.807, 2.05) is 11.6 Å². The monoisotopic (exact) mass is 292 g/mol. The first-order chi connectivity index (χ1) is 9.72. The molecule has 6 nitrogen and oxygen atoms in total. The van der Waals surface area contributed by atoms with E-state index in [0.717, 1.165) is 44.1 Å². The fraction of sp³-hybridized carbons (Fsp3) is 0.538. The molecule has 2 aromatic heterocycles. The molecule has 1 aliphatic heterocycles. The summed E-state index contributed by atoms with van der Waals surface area (Å²) in [7, 11) is 1.99.